The standard InChI is InChI=1S/C20H26F3N5OS/c1-13(15-5-4-6-16(11-15)20(21,22)23)7-8-26-19(24-3)27-10-9-25-18(29)17-14(2)28-12-30-17/h4-6,11-13H,7-10H2,1-3H3,(H,25,29)(H2,24,26,27). The van der Waals surface area contributed by atoms with Crippen LogP contribution in [-0.4, -0.2) is 43.5 Å². The molecule has 0 aliphatic heterocycles. The largest absolute Gasteiger partial charge is 0.416 e. The van der Waals surface area contributed by atoms with Crippen LogP contribution in [0.5, 0.6) is 0 Å². The molecule has 0 fully saturated rings. The van der Waals surface area contributed by atoms with Gasteiger partial charge < -0.3 is 16.0 Å². The second kappa shape index (κ2) is 11.0. The number of halogens is 3. The first kappa shape index (κ1) is 23.7. The van der Waals surface area contributed by atoms with Crippen LogP contribution in [0.1, 0.15) is 45.8 Å². The third kappa shape index (κ3) is 7.01. The number of nitrogens with zero attached hydrogens (tertiary/aromatic N) is 2. The Balaban J connectivity index is 1.71. The number of hydrogen-bond acceptors (Lipinski definition) is 4. The Kier molecular flexibility index (Phi) is 8.64. The summed E-state index contributed by atoms with van der Waals surface area (Å²) >= 11 is 1.30. The van der Waals surface area contributed by atoms with Gasteiger partial charge in [0, 0.05) is 26.7 Å². The number of thiazole rings is 1. The summed E-state index contributed by atoms with van der Waals surface area (Å²) in [6, 6.07) is 5.42. The Morgan fingerprint density at radius 3 is 2.53 bits per heavy atom. The first-order valence-electron chi connectivity index (χ1n) is 9.52. The average Bonchev–Trinajstić information content (AvgIpc) is 3.15. The predicted octanol–water partition coefficient (Wildman–Crippen LogP) is 3.56. The van der Waals surface area contributed by atoms with E-state index in [4.69, 9.17) is 0 Å². The normalized spacial score (nSPS) is 13.1. The van der Waals surface area contributed by atoms with Crippen LogP contribution in [0.2, 0.25) is 0 Å². The quantitative estimate of drug-likeness (QED) is 0.333. The van der Waals surface area contributed by atoms with Crippen molar-refractivity contribution >= 4 is 23.2 Å². The summed E-state index contributed by atoms with van der Waals surface area (Å²) in [7, 11) is 1.63. The number of rotatable bonds is 8. The molecular weight excluding hydrogens is 415 g/mol. The molecule has 0 spiro atoms. The SMILES string of the molecule is CN=C(NCCNC(=O)c1scnc1C)NCCC(C)c1cccc(C(F)(F)F)c1. The van der Waals surface area contributed by atoms with E-state index in [9.17, 15) is 18.0 Å². The maximum Gasteiger partial charge on any atom is 0.416 e. The van der Waals surface area contributed by atoms with Gasteiger partial charge in [0.2, 0.25) is 0 Å². The molecule has 1 unspecified atom stereocenters. The second-order valence-corrected chi connectivity index (χ2v) is 7.62. The first-order valence-corrected chi connectivity index (χ1v) is 10.4. The lowest BCUT2D eigenvalue weighted by Crippen LogP contribution is -2.42. The molecule has 0 bridgehead atoms. The summed E-state index contributed by atoms with van der Waals surface area (Å²) in [6.07, 6.45) is -3.70. The molecule has 0 radical (unpaired) electrons. The minimum Gasteiger partial charge on any atom is -0.356 e. The van der Waals surface area contributed by atoms with Gasteiger partial charge in [-0.05, 0) is 30.9 Å². The Hall–Kier alpha value is -2.62. The van der Waals surface area contributed by atoms with Gasteiger partial charge in [-0.1, -0.05) is 25.1 Å². The van der Waals surface area contributed by atoms with E-state index in [0.29, 0.717) is 48.1 Å². The number of benzene rings is 1. The highest BCUT2D eigenvalue weighted by Crippen LogP contribution is 2.31. The van der Waals surface area contributed by atoms with Crippen molar-refractivity contribution < 1.29 is 18.0 Å². The molecule has 2 rings (SSSR count). The summed E-state index contributed by atoms with van der Waals surface area (Å²) < 4.78 is 38.6. The van der Waals surface area contributed by atoms with Crippen LogP contribution in [0.3, 0.4) is 0 Å². The van der Waals surface area contributed by atoms with Gasteiger partial charge in [0.25, 0.3) is 5.91 Å². The Bertz CT molecular complexity index is 866. The monoisotopic (exact) mass is 441 g/mol. The summed E-state index contributed by atoms with van der Waals surface area (Å²) in [5, 5.41) is 9.04. The summed E-state index contributed by atoms with van der Waals surface area (Å²) in [4.78, 5) is 20.8. The fourth-order valence-corrected chi connectivity index (χ4v) is 3.49. The van der Waals surface area contributed by atoms with E-state index in [1.54, 1.807) is 25.5 Å². The Morgan fingerprint density at radius 2 is 1.90 bits per heavy atom. The Morgan fingerprint density at radius 1 is 1.20 bits per heavy atom. The van der Waals surface area contributed by atoms with E-state index in [0.717, 1.165) is 6.07 Å². The van der Waals surface area contributed by atoms with Crippen molar-refractivity contribution in [3.05, 3.63) is 51.5 Å². The maximum absolute atomic E-state index is 12.9. The van der Waals surface area contributed by atoms with Gasteiger partial charge in [-0.25, -0.2) is 4.98 Å². The lowest BCUT2D eigenvalue weighted by atomic mass is 9.96. The van der Waals surface area contributed by atoms with Crippen LogP contribution in [0.15, 0.2) is 34.8 Å². The highest BCUT2D eigenvalue weighted by Gasteiger charge is 2.30. The number of alkyl halides is 3. The zero-order chi connectivity index (χ0) is 22.1. The highest BCUT2D eigenvalue weighted by molar-refractivity contribution is 7.11. The number of carbonyl (C=O) groups is 1. The van der Waals surface area contributed by atoms with Crippen molar-refractivity contribution in [2.75, 3.05) is 26.7 Å². The maximum atomic E-state index is 12.9. The second-order valence-electron chi connectivity index (χ2n) is 6.76. The molecule has 1 heterocycles. The number of aliphatic imine (C=N–C) groups is 1. The Labute approximate surface area is 178 Å². The summed E-state index contributed by atoms with van der Waals surface area (Å²) in [5.74, 6) is 0.365. The van der Waals surface area contributed by atoms with E-state index < -0.39 is 11.7 Å². The summed E-state index contributed by atoms with van der Waals surface area (Å²) in [5.41, 5.74) is 2.36. The lowest BCUT2D eigenvalue weighted by Gasteiger charge is -2.16. The van der Waals surface area contributed by atoms with Crippen LogP contribution in [-0.2, 0) is 6.18 Å². The third-order valence-electron chi connectivity index (χ3n) is 4.53. The molecule has 10 heteroatoms. The van der Waals surface area contributed by atoms with Crippen LogP contribution in [0, 0.1) is 6.92 Å². The van der Waals surface area contributed by atoms with Crippen molar-refractivity contribution in [1.29, 1.82) is 0 Å². The van der Waals surface area contributed by atoms with Crippen molar-refractivity contribution in [1.82, 2.24) is 20.9 Å². The molecule has 1 atom stereocenters. The molecule has 0 saturated carbocycles. The topological polar surface area (TPSA) is 78.4 Å². The lowest BCUT2D eigenvalue weighted by molar-refractivity contribution is -0.137. The number of aryl methyl sites for hydroxylation is 1. The third-order valence-corrected chi connectivity index (χ3v) is 5.46. The molecule has 30 heavy (non-hydrogen) atoms. The molecule has 3 N–H and O–H groups in total. The number of nitrogens with one attached hydrogen (secondary N) is 3. The van der Waals surface area contributed by atoms with Gasteiger partial charge in [-0.2, -0.15) is 13.2 Å². The number of guanidine groups is 1. The van der Waals surface area contributed by atoms with Gasteiger partial charge in [0.05, 0.1) is 16.8 Å². The van der Waals surface area contributed by atoms with E-state index in [1.165, 1.54) is 23.5 Å². The van der Waals surface area contributed by atoms with Crippen molar-refractivity contribution in [2.24, 2.45) is 4.99 Å². The van der Waals surface area contributed by atoms with E-state index in [-0.39, 0.29) is 11.8 Å². The number of hydrogen-bond donors (Lipinski definition) is 3. The van der Waals surface area contributed by atoms with Gasteiger partial charge in [0.15, 0.2) is 5.96 Å². The van der Waals surface area contributed by atoms with Gasteiger partial charge in [-0.3, -0.25) is 9.79 Å². The fourth-order valence-electron chi connectivity index (χ4n) is 2.77. The molecule has 0 aliphatic carbocycles. The zero-order valence-electron chi connectivity index (χ0n) is 17.1. The number of aromatic nitrogens is 1. The first-order chi connectivity index (χ1) is 14.2. The van der Waals surface area contributed by atoms with Crippen molar-refractivity contribution in [3.63, 3.8) is 0 Å². The molecule has 6 nitrogen and oxygen atoms in total. The van der Waals surface area contributed by atoms with Crippen LogP contribution < -0.4 is 16.0 Å². The molecule has 164 valence electrons. The van der Waals surface area contributed by atoms with Crippen LogP contribution in [0.4, 0.5) is 13.2 Å². The van der Waals surface area contributed by atoms with Crippen molar-refractivity contribution in [3.8, 4) is 0 Å². The van der Waals surface area contributed by atoms with Gasteiger partial charge in [-0.15, -0.1) is 11.3 Å². The molecule has 0 aliphatic rings. The average molecular weight is 442 g/mol. The molecule has 0 saturated heterocycles. The fraction of sp³-hybridized carbons (Fsp3) is 0.450. The molecular formula is C20H26F3N5OS. The van der Waals surface area contributed by atoms with Crippen LogP contribution in [0.25, 0.3) is 0 Å². The van der Waals surface area contributed by atoms with Crippen molar-refractivity contribution in [2.45, 2.75) is 32.4 Å². The van der Waals surface area contributed by atoms with E-state index >= 15 is 0 Å². The smallest absolute Gasteiger partial charge is 0.356 e. The highest BCUT2D eigenvalue weighted by atomic mass is 32.1. The minimum atomic E-state index is -4.34. The predicted molar refractivity (Wildman–Crippen MR) is 113 cm³/mol. The van der Waals surface area contributed by atoms with E-state index in [1.807, 2.05) is 6.92 Å². The number of carbonyl (C=O) groups excluding carboxylic acids is 1. The number of amides is 1. The molecule has 1 aromatic heterocycles. The zero-order valence-corrected chi connectivity index (χ0v) is 18.0. The van der Waals surface area contributed by atoms with E-state index in [2.05, 4.69) is 25.9 Å². The summed E-state index contributed by atoms with van der Waals surface area (Å²) in [6.45, 7) is 5.12. The van der Waals surface area contributed by atoms with Gasteiger partial charge in [0.1, 0.15) is 4.88 Å². The molecule has 2 aromatic rings. The minimum absolute atomic E-state index is 0.0418. The molecule has 1 amide bonds. The van der Waals surface area contributed by atoms with Crippen LogP contribution >= 0.6 is 11.3 Å². The molecule has 1 aromatic carbocycles. The van der Waals surface area contributed by atoms with Gasteiger partial charge >= 0.3 is 6.18 Å².